The number of anilines is 2. The molecule has 33 heavy (non-hydrogen) atoms. The minimum Gasteiger partial charge on any atom is -0.493 e. The van der Waals surface area contributed by atoms with E-state index in [1.165, 1.54) is 26.4 Å². The van der Waals surface area contributed by atoms with Crippen molar-refractivity contribution >= 4 is 45.0 Å². The van der Waals surface area contributed by atoms with Gasteiger partial charge in [-0.25, -0.2) is 8.42 Å². The summed E-state index contributed by atoms with van der Waals surface area (Å²) >= 11 is 6.08. The van der Waals surface area contributed by atoms with E-state index in [0.29, 0.717) is 28.3 Å². The lowest BCUT2D eigenvalue weighted by Gasteiger charge is -2.13. The first-order chi connectivity index (χ1) is 15.7. The van der Waals surface area contributed by atoms with Gasteiger partial charge in [-0.05, 0) is 48.9 Å². The van der Waals surface area contributed by atoms with Crippen LogP contribution in [-0.4, -0.2) is 28.5 Å². The second kappa shape index (κ2) is 10.4. The van der Waals surface area contributed by atoms with Gasteiger partial charge in [-0.15, -0.1) is 0 Å². The van der Waals surface area contributed by atoms with E-state index < -0.39 is 15.9 Å². The van der Waals surface area contributed by atoms with E-state index in [1.54, 1.807) is 67.6 Å². The summed E-state index contributed by atoms with van der Waals surface area (Å²) in [5.41, 5.74) is 1.77. The molecule has 0 aromatic heterocycles. The number of ether oxygens (including phenoxy) is 2. The Morgan fingerprint density at radius 1 is 1.00 bits per heavy atom. The van der Waals surface area contributed by atoms with E-state index in [1.807, 2.05) is 0 Å². The second-order valence-electron chi connectivity index (χ2n) is 6.97. The minimum atomic E-state index is -3.93. The number of methoxy groups -OCH3 is 2. The normalized spacial score (nSPS) is 11.3. The SMILES string of the molecule is COc1cccc(/C=C/C(=O)Nc2ccc(C)c(S(=O)(=O)Nc3ccccc3Cl)c2)c1OC. The van der Waals surface area contributed by atoms with Crippen LogP contribution in [0.15, 0.2) is 71.6 Å². The van der Waals surface area contributed by atoms with E-state index in [2.05, 4.69) is 10.0 Å². The van der Waals surface area contributed by atoms with Crippen molar-refractivity contribution in [3.8, 4) is 11.5 Å². The number of nitrogens with one attached hydrogen (secondary N) is 2. The molecule has 0 saturated carbocycles. The van der Waals surface area contributed by atoms with Crippen LogP contribution in [0, 0.1) is 6.92 Å². The van der Waals surface area contributed by atoms with Gasteiger partial charge in [0.15, 0.2) is 11.5 Å². The number of hydrogen-bond donors (Lipinski definition) is 2. The molecule has 0 aliphatic heterocycles. The van der Waals surface area contributed by atoms with Crippen molar-refractivity contribution in [1.29, 1.82) is 0 Å². The fourth-order valence-corrected chi connectivity index (χ4v) is 4.69. The Kier molecular flexibility index (Phi) is 7.63. The summed E-state index contributed by atoms with van der Waals surface area (Å²) in [5.74, 6) is 0.601. The molecule has 1 amide bonds. The van der Waals surface area contributed by atoms with Crippen LogP contribution in [-0.2, 0) is 14.8 Å². The van der Waals surface area contributed by atoms with Crippen molar-refractivity contribution in [1.82, 2.24) is 0 Å². The number of carbonyl (C=O) groups excluding carboxylic acids is 1. The van der Waals surface area contributed by atoms with Crippen LogP contribution in [0.25, 0.3) is 6.08 Å². The van der Waals surface area contributed by atoms with Crippen molar-refractivity contribution in [2.45, 2.75) is 11.8 Å². The minimum absolute atomic E-state index is 0.0265. The van der Waals surface area contributed by atoms with Crippen LogP contribution in [0.5, 0.6) is 11.5 Å². The smallest absolute Gasteiger partial charge is 0.262 e. The molecule has 0 unspecified atom stereocenters. The van der Waals surface area contributed by atoms with E-state index in [0.717, 1.165) is 0 Å². The summed E-state index contributed by atoms with van der Waals surface area (Å²) in [6.45, 7) is 1.67. The zero-order chi connectivity index (χ0) is 24.0. The average molecular weight is 487 g/mol. The number of carbonyl (C=O) groups is 1. The topological polar surface area (TPSA) is 93.7 Å². The van der Waals surface area contributed by atoms with Crippen molar-refractivity contribution in [3.63, 3.8) is 0 Å². The summed E-state index contributed by atoms with van der Waals surface area (Å²) in [6.07, 6.45) is 2.91. The molecule has 0 aliphatic rings. The Labute approximate surface area is 198 Å². The number of benzene rings is 3. The predicted octanol–water partition coefficient (Wildman–Crippen LogP) is 5.12. The first-order valence-electron chi connectivity index (χ1n) is 9.83. The maximum Gasteiger partial charge on any atom is 0.262 e. The quantitative estimate of drug-likeness (QED) is 0.431. The maximum absolute atomic E-state index is 12.9. The molecule has 0 radical (unpaired) electrons. The lowest BCUT2D eigenvalue weighted by atomic mass is 10.1. The van der Waals surface area contributed by atoms with Gasteiger partial charge in [0.2, 0.25) is 5.91 Å². The molecule has 3 rings (SSSR count). The Morgan fingerprint density at radius 3 is 2.45 bits per heavy atom. The lowest BCUT2D eigenvalue weighted by Crippen LogP contribution is -2.15. The van der Waals surface area contributed by atoms with Gasteiger partial charge in [0.05, 0.1) is 29.8 Å². The van der Waals surface area contributed by atoms with Crippen molar-refractivity contribution in [2.24, 2.45) is 0 Å². The summed E-state index contributed by atoms with van der Waals surface area (Å²) < 4.78 is 39.0. The van der Waals surface area contributed by atoms with E-state index in [4.69, 9.17) is 21.1 Å². The number of para-hydroxylation sites is 2. The van der Waals surface area contributed by atoms with Gasteiger partial charge >= 0.3 is 0 Å². The molecule has 3 aromatic rings. The fraction of sp³-hybridized carbons (Fsp3) is 0.125. The molecule has 3 aromatic carbocycles. The van der Waals surface area contributed by atoms with Gasteiger partial charge in [0.25, 0.3) is 10.0 Å². The highest BCUT2D eigenvalue weighted by molar-refractivity contribution is 7.92. The number of amides is 1. The van der Waals surface area contributed by atoms with Crippen LogP contribution in [0.2, 0.25) is 5.02 Å². The summed E-state index contributed by atoms with van der Waals surface area (Å²) in [7, 11) is -0.887. The van der Waals surface area contributed by atoms with E-state index >= 15 is 0 Å². The van der Waals surface area contributed by atoms with Gasteiger partial charge in [0, 0.05) is 17.3 Å². The molecule has 172 valence electrons. The highest BCUT2D eigenvalue weighted by Crippen LogP contribution is 2.31. The van der Waals surface area contributed by atoms with E-state index in [-0.39, 0.29) is 15.6 Å². The Hall–Kier alpha value is -3.49. The molecular weight excluding hydrogens is 464 g/mol. The van der Waals surface area contributed by atoms with Gasteiger partial charge in [-0.2, -0.15) is 0 Å². The molecule has 0 atom stereocenters. The lowest BCUT2D eigenvalue weighted by molar-refractivity contribution is -0.111. The zero-order valence-electron chi connectivity index (χ0n) is 18.3. The highest BCUT2D eigenvalue weighted by atomic mass is 35.5. The molecule has 0 fully saturated rings. The number of hydrogen-bond acceptors (Lipinski definition) is 5. The molecule has 0 bridgehead atoms. The zero-order valence-corrected chi connectivity index (χ0v) is 19.8. The van der Waals surface area contributed by atoms with Crippen LogP contribution in [0.3, 0.4) is 0 Å². The third kappa shape index (κ3) is 5.85. The average Bonchev–Trinajstić information content (AvgIpc) is 2.79. The Bertz CT molecular complexity index is 1310. The molecular formula is C24H23ClN2O5S. The molecule has 7 nitrogen and oxygen atoms in total. The van der Waals surface area contributed by atoms with Crippen molar-refractivity contribution in [2.75, 3.05) is 24.3 Å². The monoisotopic (exact) mass is 486 g/mol. The van der Waals surface area contributed by atoms with Crippen LogP contribution < -0.4 is 19.5 Å². The van der Waals surface area contributed by atoms with Gasteiger partial charge in [0.1, 0.15) is 0 Å². The number of sulfonamides is 1. The van der Waals surface area contributed by atoms with Crippen LogP contribution >= 0.6 is 11.6 Å². The van der Waals surface area contributed by atoms with Crippen LogP contribution in [0.1, 0.15) is 11.1 Å². The summed E-state index contributed by atoms with van der Waals surface area (Å²) in [4.78, 5) is 12.5. The summed E-state index contributed by atoms with van der Waals surface area (Å²) in [6, 6.07) is 16.5. The van der Waals surface area contributed by atoms with Crippen molar-refractivity contribution in [3.05, 3.63) is 82.9 Å². The first-order valence-corrected chi connectivity index (χ1v) is 11.7. The van der Waals surface area contributed by atoms with Gasteiger partial charge in [-0.3, -0.25) is 9.52 Å². The fourth-order valence-electron chi connectivity index (χ4n) is 3.10. The van der Waals surface area contributed by atoms with E-state index in [9.17, 15) is 13.2 Å². The molecule has 0 heterocycles. The number of rotatable bonds is 8. The Morgan fingerprint density at radius 2 is 1.76 bits per heavy atom. The molecule has 0 spiro atoms. The third-order valence-electron chi connectivity index (χ3n) is 4.71. The van der Waals surface area contributed by atoms with Gasteiger partial charge in [-0.1, -0.05) is 41.9 Å². The first kappa shape index (κ1) is 24.2. The maximum atomic E-state index is 12.9. The standard InChI is InChI=1S/C24H23ClN2O5S/c1-16-11-13-18(15-22(16)33(29,30)27-20-9-5-4-8-19(20)25)26-23(28)14-12-17-7-6-10-21(31-2)24(17)32-3/h4-15,27H,1-3H3,(H,26,28)/b14-12+. The molecule has 2 N–H and O–H groups in total. The predicted molar refractivity (Wildman–Crippen MR) is 131 cm³/mol. The van der Waals surface area contributed by atoms with Crippen LogP contribution in [0.4, 0.5) is 11.4 Å². The Balaban J connectivity index is 1.81. The largest absolute Gasteiger partial charge is 0.493 e. The molecule has 9 heteroatoms. The summed E-state index contributed by atoms with van der Waals surface area (Å²) in [5, 5.41) is 2.96. The number of aryl methyl sites for hydroxylation is 1. The second-order valence-corrected chi connectivity index (χ2v) is 9.03. The highest BCUT2D eigenvalue weighted by Gasteiger charge is 2.19. The molecule has 0 saturated heterocycles. The molecule has 0 aliphatic carbocycles. The number of halogens is 1. The van der Waals surface area contributed by atoms with Crippen molar-refractivity contribution < 1.29 is 22.7 Å². The van der Waals surface area contributed by atoms with Gasteiger partial charge < -0.3 is 14.8 Å². The third-order valence-corrected chi connectivity index (χ3v) is 6.55.